The summed E-state index contributed by atoms with van der Waals surface area (Å²) in [5.41, 5.74) is 1.64. The van der Waals surface area contributed by atoms with Crippen molar-refractivity contribution in [1.82, 2.24) is 24.7 Å². The number of aryl methyl sites for hydroxylation is 2. The normalized spacial score (nSPS) is 11.8. The van der Waals surface area contributed by atoms with Crippen LogP contribution in [0.5, 0.6) is 0 Å². The van der Waals surface area contributed by atoms with Crippen LogP contribution in [0.4, 0.5) is 18.9 Å². The van der Waals surface area contributed by atoms with Gasteiger partial charge in [-0.1, -0.05) is 6.07 Å². The average molecular weight is 400 g/mol. The third-order valence-electron chi connectivity index (χ3n) is 4.56. The molecule has 3 heterocycles. The van der Waals surface area contributed by atoms with Crippen LogP contribution in [-0.2, 0) is 13.2 Å². The molecule has 0 atom stereocenters. The van der Waals surface area contributed by atoms with Gasteiger partial charge in [0.05, 0.1) is 22.4 Å². The number of carbonyl (C=O) groups excluding carboxylic acids is 1. The molecule has 0 unspecified atom stereocenters. The number of hydrogen-bond acceptors (Lipinski definition) is 4. The Kier molecular flexibility index (Phi) is 4.33. The third-order valence-corrected chi connectivity index (χ3v) is 4.56. The van der Waals surface area contributed by atoms with Gasteiger partial charge in [0, 0.05) is 18.8 Å². The van der Waals surface area contributed by atoms with Gasteiger partial charge >= 0.3 is 6.18 Å². The molecule has 4 aromatic rings. The number of anilines is 1. The van der Waals surface area contributed by atoms with Crippen LogP contribution in [0.1, 0.15) is 22.0 Å². The predicted octanol–water partition coefficient (Wildman–Crippen LogP) is 3.94. The predicted molar refractivity (Wildman–Crippen MR) is 100 cm³/mol. The second-order valence-corrected chi connectivity index (χ2v) is 6.43. The van der Waals surface area contributed by atoms with Crippen molar-refractivity contribution >= 4 is 22.6 Å². The lowest BCUT2D eigenvalue weighted by Crippen LogP contribution is -2.17. The van der Waals surface area contributed by atoms with Crippen molar-refractivity contribution in [2.45, 2.75) is 13.1 Å². The number of aromatic amines is 1. The molecule has 0 spiro atoms. The smallest absolute Gasteiger partial charge is 0.331 e. The summed E-state index contributed by atoms with van der Waals surface area (Å²) < 4.78 is 40.6. The van der Waals surface area contributed by atoms with E-state index in [1.807, 2.05) is 18.5 Å². The van der Waals surface area contributed by atoms with Crippen molar-refractivity contribution in [2.24, 2.45) is 7.05 Å². The number of nitrogens with zero attached hydrogens (tertiary/aromatic N) is 4. The van der Waals surface area contributed by atoms with Crippen molar-refractivity contribution in [3.05, 3.63) is 59.8 Å². The van der Waals surface area contributed by atoms with Crippen LogP contribution in [0.25, 0.3) is 22.3 Å². The van der Waals surface area contributed by atoms with Crippen molar-refractivity contribution in [3.63, 3.8) is 0 Å². The molecule has 7 nitrogen and oxygen atoms in total. The molecule has 10 heteroatoms. The number of pyridine rings is 1. The van der Waals surface area contributed by atoms with Crippen LogP contribution in [0.15, 0.2) is 42.6 Å². The fourth-order valence-electron chi connectivity index (χ4n) is 3.00. The number of nitrogens with one attached hydrogen (secondary N) is 2. The number of halogens is 3. The van der Waals surface area contributed by atoms with Gasteiger partial charge in [-0.15, -0.1) is 0 Å². The minimum Gasteiger partial charge on any atom is -0.331 e. The first kappa shape index (κ1) is 18.7. The van der Waals surface area contributed by atoms with Gasteiger partial charge in [-0.2, -0.15) is 18.3 Å². The van der Waals surface area contributed by atoms with Gasteiger partial charge in [-0.3, -0.25) is 9.89 Å². The number of hydrogen-bond donors (Lipinski definition) is 2. The Balaban J connectivity index is 1.78. The molecule has 0 bridgehead atoms. The van der Waals surface area contributed by atoms with Gasteiger partial charge in [0.15, 0.2) is 0 Å². The van der Waals surface area contributed by atoms with Crippen LogP contribution in [-0.4, -0.2) is 30.6 Å². The summed E-state index contributed by atoms with van der Waals surface area (Å²) in [4.78, 5) is 20.6. The van der Waals surface area contributed by atoms with E-state index in [1.54, 1.807) is 24.4 Å². The Morgan fingerprint density at radius 3 is 2.66 bits per heavy atom. The third kappa shape index (κ3) is 3.44. The molecule has 0 aliphatic rings. The van der Waals surface area contributed by atoms with E-state index in [0.717, 1.165) is 23.5 Å². The molecule has 0 radical (unpaired) electrons. The number of alkyl halides is 3. The molecule has 3 aromatic heterocycles. The monoisotopic (exact) mass is 400 g/mol. The summed E-state index contributed by atoms with van der Waals surface area (Å²) in [6, 6.07) is 8.41. The van der Waals surface area contributed by atoms with Crippen molar-refractivity contribution in [3.8, 4) is 11.3 Å². The number of fused-ring (bicyclic) bond motifs is 1. The maximum absolute atomic E-state index is 12.9. The van der Waals surface area contributed by atoms with Crippen molar-refractivity contribution < 1.29 is 18.0 Å². The van der Waals surface area contributed by atoms with E-state index in [0.29, 0.717) is 22.5 Å². The Labute approximate surface area is 162 Å². The van der Waals surface area contributed by atoms with E-state index in [1.165, 1.54) is 6.07 Å². The zero-order valence-electron chi connectivity index (χ0n) is 15.4. The zero-order valence-corrected chi connectivity index (χ0v) is 15.4. The molecule has 0 saturated carbocycles. The standard InChI is InChI=1S/C19H15F3N6O/c1-10-24-15-8-11(12-6-7-23-27-12)14(9-16(15)28(10)2)26-18(29)13-4-3-5-17(25-13)19(20,21)22/h3-9H,1-2H3,(H,23,27)(H,26,29). The first-order valence-corrected chi connectivity index (χ1v) is 8.56. The largest absolute Gasteiger partial charge is 0.433 e. The molecule has 0 fully saturated rings. The molecule has 148 valence electrons. The molecular formula is C19H15F3N6O. The van der Waals surface area contributed by atoms with Gasteiger partial charge in [-0.25, -0.2) is 9.97 Å². The van der Waals surface area contributed by atoms with Gasteiger partial charge in [0.25, 0.3) is 5.91 Å². The van der Waals surface area contributed by atoms with Crippen LogP contribution in [0, 0.1) is 6.92 Å². The van der Waals surface area contributed by atoms with Gasteiger partial charge < -0.3 is 9.88 Å². The Morgan fingerprint density at radius 1 is 1.17 bits per heavy atom. The van der Waals surface area contributed by atoms with Crippen molar-refractivity contribution in [2.75, 3.05) is 5.32 Å². The van der Waals surface area contributed by atoms with E-state index >= 15 is 0 Å². The summed E-state index contributed by atoms with van der Waals surface area (Å²) in [6.07, 6.45) is -3.08. The number of benzene rings is 1. The lowest BCUT2D eigenvalue weighted by Gasteiger charge is -2.12. The van der Waals surface area contributed by atoms with E-state index in [4.69, 9.17) is 0 Å². The van der Waals surface area contributed by atoms with Crippen LogP contribution >= 0.6 is 0 Å². The van der Waals surface area contributed by atoms with E-state index in [2.05, 4.69) is 25.5 Å². The fraction of sp³-hybridized carbons (Fsp3) is 0.158. The zero-order chi connectivity index (χ0) is 20.8. The molecule has 4 rings (SSSR count). The maximum atomic E-state index is 12.9. The van der Waals surface area contributed by atoms with Crippen LogP contribution in [0.2, 0.25) is 0 Å². The average Bonchev–Trinajstić information content (AvgIpc) is 3.30. The highest BCUT2D eigenvalue weighted by atomic mass is 19.4. The van der Waals surface area contributed by atoms with E-state index < -0.39 is 17.8 Å². The summed E-state index contributed by atoms with van der Waals surface area (Å²) in [6.45, 7) is 1.85. The SMILES string of the molecule is Cc1nc2cc(-c3ccn[nH]3)c(NC(=O)c3cccc(C(F)(F)F)n3)cc2n1C. The van der Waals surface area contributed by atoms with Gasteiger partial charge in [0.2, 0.25) is 0 Å². The van der Waals surface area contributed by atoms with Gasteiger partial charge in [0.1, 0.15) is 17.2 Å². The molecule has 1 amide bonds. The second-order valence-electron chi connectivity index (χ2n) is 6.43. The topological polar surface area (TPSA) is 88.5 Å². The lowest BCUT2D eigenvalue weighted by atomic mass is 10.1. The number of amides is 1. The number of H-pyrrole nitrogens is 1. The highest BCUT2D eigenvalue weighted by Crippen LogP contribution is 2.32. The summed E-state index contributed by atoms with van der Waals surface area (Å²) in [7, 11) is 1.83. The molecule has 0 aliphatic heterocycles. The van der Waals surface area contributed by atoms with Crippen LogP contribution < -0.4 is 5.32 Å². The number of carbonyl (C=O) groups is 1. The van der Waals surface area contributed by atoms with Crippen molar-refractivity contribution in [1.29, 1.82) is 0 Å². The molecule has 0 saturated heterocycles. The van der Waals surface area contributed by atoms with E-state index in [9.17, 15) is 18.0 Å². The summed E-state index contributed by atoms with van der Waals surface area (Å²) in [5, 5.41) is 9.40. The minimum absolute atomic E-state index is 0.336. The fourth-order valence-corrected chi connectivity index (χ4v) is 3.00. The minimum atomic E-state index is -4.64. The second kappa shape index (κ2) is 6.73. The number of aromatic nitrogens is 5. The first-order chi connectivity index (χ1) is 13.7. The number of rotatable bonds is 3. The Morgan fingerprint density at radius 2 is 1.97 bits per heavy atom. The van der Waals surface area contributed by atoms with Gasteiger partial charge in [-0.05, 0) is 37.3 Å². The first-order valence-electron chi connectivity index (χ1n) is 8.56. The summed E-state index contributed by atoms with van der Waals surface area (Å²) >= 11 is 0. The Bertz CT molecular complexity index is 1210. The molecular weight excluding hydrogens is 385 g/mol. The molecule has 2 N–H and O–H groups in total. The summed E-state index contributed by atoms with van der Waals surface area (Å²) in [5.74, 6) is 0.0219. The van der Waals surface area contributed by atoms with E-state index in [-0.39, 0.29) is 5.69 Å². The lowest BCUT2D eigenvalue weighted by molar-refractivity contribution is -0.141. The highest BCUT2D eigenvalue weighted by molar-refractivity contribution is 6.06. The highest BCUT2D eigenvalue weighted by Gasteiger charge is 2.33. The molecule has 0 aliphatic carbocycles. The van der Waals surface area contributed by atoms with Crippen LogP contribution in [0.3, 0.4) is 0 Å². The Hall–Kier alpha value is -3.69. The quantitative estimate of drug-likeness (QED) is 0.545. The molecule has 1 aromatic carbocycles. The maximum Gasteiger partial charge on any atom is 0.433 e. The molecule has 29 heavy (non-hydrogen) atoms. The number of imidazole rings is 1.